The van der Waals surface area contributed by atoms with Crippen molar-refractivity contribution in [1.82, 2.24) is 4.98 Å². The molecule has 0 atom stereocenters. The molecule has 4 rings (SSSR count). The minimum atomic E-state index is -0.232. The maximum Gasteiger partial charge on any atom is 0.274 e. The Morgan fingerprint density at radius 3 is 2.78 bits per heavy atom. The van der Waals surface area contributed by atoms with Crippen molar-refractivity contribution in [1.29, 1.82) is 0 Å². The molecule has 1 saturated heterocycles. The molecule has 0 aliphatic carbocycles. The van der Waals surface area contributed by atoms with Crippen LogP contribution in [0.4, 0.5) is 11.5 Å². The summed E-state index contributed by atoms with van der Waals surface area (Å²) in [6, 6.07) is 10.9. The van der Waals surface area contributed by atoms with Crippen molar-refractivity contribution < 1.29 is 14.3 Å². The summed E-state index contributed by atoms with van der Waals surface area (Å²) in [6.45, 7) is 2.21. The lowest BCUT2D eigenvalue weighted by atomic mass is 10.2. The number of rotatable bonds is 3. The number of hydrogen-bond acceptors (Lipinski definition) is 5. The van der Waals surface area contributed by atoms with Crippen LogP contribution in [-0.4, -0.2) is 30.8 Å². The molecule has 1 N–H and O–H groups in total. The molecule has 0 unspecified atom stereocenters. The topological polar surface area (TPSA) is 63.7 Å². The lowest BCUT2D eigenvalue weighted by Gasteiger charge is -2.16. The molecule has 0 spiro atoms. The number of ether oxygens (including phenoxy) is 2. The fourth-order valence-corrected chi connectivity index (χ4v) is 2.84. The predicted molar refractivity (Wildman–Crippen MR) is 86.2 cm³/mol. The van der Waals surface area contributed by atoms with E-state index in [1.54, 1.807) is 24.3 Å². The lowest BCUT2D eigenvalue weighted by Crippen LogP contribution is -2.21. The van der Waals surface area contributed by atoms with Crippen molar-refractivity contribution in [3.8, 4) is 11.5 Å². The summed E-state index contributed by atoms with van der Waals surface area (Å²) < 4.78 is 10.6. The molecule has 23 heavy (non-hydrogen) atoms. The summed E-state index contributed by atoms with van der Waals surface area (Å²) in [7, 11) is 0. The first-order valence-corrected chi connectivity index (χ1v) is 7.73. The zero-order valence-corrected chi connectivity index (χ0v) is 12.6. The number of carbonyl (C=O) groups excluding carboxylic acids is 1. The molecule has 2 aromatic rings. The molecular formula is C17H17N3O3. The Labute approximate surface area is 134 Å². The van der Waals surface area contributed by atoms with Crippen LogP contribution in [0.1, 0.15) is 23.3 Å². The van der Waals surface area contributed by atoms with Crippen LogP contribution in [0.2, 0.25) is 0 Å². The van der Waals surface area contributed by atoms with E-state index in [0.29, 0.717) is 22.9 Å². The molecule has 1 aromatic heterocycles. The average molecular weight is 311 g/mol. The molecule has 1 aromatic carbocycles. The maximum atomic E-state index is 12.4. The van der Waals surface area contributed by atoms with Gasteiger partial charge in [-0.2, -0.15) is 0 Å². The summed E-state index contributed by atoms with van der Waals surface area (Å²) in [6.07, 6.45) is 2.35. The summed E-state index contributed by atoms with van der Waals surface area (Å²) in [4.78, 5) is 19.1. The van der Waals surface area contributed by atoms with Gasteiger partial charge < -0.3 is 19.7 Å². The number of nitrogens with zero attached hydrogens (tertiary/aromatic N) is 2. The van der Waals surface area contributed by atoms with E-state index in [-0.39, 0.29) is 12.7 Å². The van der Waals surface area contributed by atoms with E-state index < -0.39 is 0 Å². The molecule has 1 amide bonds. The minimum absolute atomic E-state index is 0.214. The molecular weight excluding hydrogens is 294 g/mol. The van der Waals surface area contributed by atoms with Crippen molar-refractivity contribution in [2.24, 2.45) is 0 Å². The Morgan fingerprint density at radius 1 is 1.09 bits per heavy atom. The Bertz CT molecular complexity index is 742. The standard InChI is InChI=1S/C17H17N3O3/c21-17(18-12-6-7-14-15(10-12)23-11-22-14)13-4-3-5-16(19-13)20-8-1-2-9-20/h3-7,10H,1-2,8-9,11H2,(H,18,21). The Hall–Kier alpha value is -2.76. The van der Waals surface area contributed by atoms with Crippen molar-refractivity contribution >= 4 is 17.4 Å². The van der Waals surface area contributed by atoms with Crippen LogP contribution in [0.5, 0.6) is 11.5 Å². The molecule has 118 valence electrons. The molecule has 0 saturated carbocycles. The zero-order chi connectivity index (χ0) is 15.6. The largest absolute Gasteiger partial charge is 0.454 e. The Kier molecular flexibility index (Phi) is 3.49. The first-order chi connectivity index (χ1) is 11.3. The zero-order valence-electron chi connectivity index (χ0n) is 12.6. The second-order valence-corrected chi connectivity index (χ2v) is 5.60. The number of fused-ring (bicyclic) bond motifs is 1. The fourth-order valence-electron chi connectivity index (χ4n) is 2.84. The number of anilines is 2. The summed E-state index contributed by atoms with van der Waals surface area (Å²) in [5.41, 5.74) is 1.07. The van der Waals surface area contributed by atoms with Gasteiger partial charge in [0.2, 0.25) is 6.79 Å². The van der Waals surface area contributed by atoms with Gasteiger partial charge in [-0.15, -0.1) is 0 Å². The number of carbonyl (C=O) groups is 1. The molecule has 6 nitrogen and oxygen atoms in total. The normalized spacial score (nSPS) is 15.7. The van der Waals surface area contributed by atoms with Crippen LogP contribution in [0.15, 0.2) is 36.4 Å². The van der Waals surface area contributed by atoms with Crippen LogP contribution in [0, 0.1) is 0 Å². The van der Waals surface area contributed by atoms with Crippen LogP contribution < -0.4 is 19.7 Å². The highest BCUT2D eigenvalue weighted by molar-refractivity contribution is 6.03. The van der Waals surface area contributed by atoms with E-state index in [0.717, 1.165) is 18.9 Å². The molecule has 2 aliphatic rings. The highest BCUT2D eigenvalue weighted by atomic mass is 16.7. The van der Waals surface area contributed by atoms with Crippen molar-refractivity contribution in [2.45, 2.75) is 12.8 Å². The van der Waals surface area contributed by atoms with Crippen LogP contribution >= 0.6 is 0 Å². The van der Waals surface area contributed by atoms with E-state index in [2.05, 4.69) is 15.2 Å². The van der Waals surface area contributed by atoms with E-state index in [1.165, 1.54) is 12.8 Å². The van der Waals surface area contributed by atoms with Crippen molar-refractivity contribution in [3.05, 3.63) is 42.1 Å². The molecule has 6 heteroatoms. The summed E-state index contributed by atoms with van der Waals surface area (Å²) >= 11 is 0. The Balaban J connectivity index is 1.51. The number of nitrogens with one attached hydrogen (secondary N) is 1. The smallest absolute Gasteiger partial charge is 0.274 e. The number of hydrogen-bond donors (Lipinski definition) is 1. The molecule has 1 fully saturated rings. The van der Waals surface area contributed by atoms with Gasteiger partial charge in [0.25, 0.3) is 5.91 Å². The van der Waals surface area contributed by atoms with Gasteiger partial charge in [0.15, 0.2) is 11.5 Å². The minimum Gasteiger partial charge on any atom is -0.454 e. The third kappa shape index (κ3) is 2.79. The van der Waals surface area contributed by atoms with E-state index in [4.69, 9.17) is 9.47 Å². The maximum absolute atomic E-state index is 12.4. The first-order valence-electron chi connectivity index (χ1n) is 7.73. The Morgan fingerprint density at radius 2 is 1.91 bits per heavy atom. The van der Waals surface area contributed by atoms with Gasteiger partial charge >= 0.3 is 0 Å². The van der Waals surface area contributed by atoms with E-state index in [9.17, 15) is 4.79 Å². The molecule has 0 radical (unpaired) electrons. The third-order valence-corrected chi connectivity index (χ3v) is 4.03. The fraction of sp³-hybridized carbons (Fsp3) is 0.294. The highest BCUT2D eigenvalue weighted by Crippen LogP contribution is 2.34. The average Bonchev–Trinajstić information content (AvgIpc) is 3.26. The van der Waals surface area contributed by atoms with Gasteiger partial charge in [0, 0.05) is 24.8 Å². The SMILES string of the molecule is O=C(Nc1ccc2c(c1)OCO2)c1cccc(N2CCCC2)n1. The van der Waals surface area contributed by atoms with E-state index in [1.807, 2.05) is 12.1 Å². The summed E-state index contributed by atoms with van der Waals surface area (Å²) in [5, 5.41) is 2.85. The molecule has 0 bridgehead atoms. The van der Waals surface area contributed by atoms with Crippen LogP contribution in [0.3, 0.4) is 0 Å². The third-order valence-electron chi connectivity index (χ3n) is 4.03. The monoisotopic (exact) mass is 311 g/mol. The number of amides is 1. The van der Waals surface area contributed by atoms with Crippen molar-refractivity contribution in [2.75, 3.05) is 30.1 Å². The van der Waals surface area contributed by atoms with Crippen molar-refractivity contribution in [3.63, 3.8) is 0 Å². The molecule has 2 aliphatic heterocycles. The molecule has 3 heterocycles. The van der Waals surface area contributed by atoms with E-state index >= 15 is 0 Å². The first kappa shape index (κ1) is 13.9. The second kappa shape index (κ2) is 5.79. The second-order valence-electron chi connectivity index (χ2n) is 5.60. The lowest BCUT2D eigenvalue weighted by molar-refractivity contribution is 0.102. The highest BCUT2D eigenvalue weighted by Gasteiger charge is 2.17. The number of benzene rings is 1. The van der Waals surface area contributed by atoms with Crippen LogP contribution in [0.25, 0.3) is 0 Å². The summed E-state index contributed by atoms with van der Waals surface area (Å²) in [5.74, 6) is 1.96. The van der Waals surface area contributed by atoms with Crippen LogP contribution in [-0.2, 0) is 0 Å². The van der Waals surface area contributed by atoms with Gasteiger partial charge in [-0.3, -0.25) is 4.79 Å². The van der Waals surface area contributed by atoms with Gasteiger partial charge in [-0.25, -0.2) is 4.98 Å². The quantitative estimate of drug-likeness (QED) is 0.944. The van der Waals surface area contributed by atoms with Gasteiger partial charge in [0.05, 0.1) is 0 Å². The van der Waals surface area contributed by atoms with Gasteiger partial charge in [-0.1, -0.05) is 6.07 Å². The van der Waals surface area contributed by atoms with Gasteiger partial charge in [0.1, 0.15) is 11.5 Å². The predicted octanol–water partition coefficient (Wildman–Crippen LogP) is 2.66. The van der Waals surface area contributed by atoms with Gasteiger partial charge in [-0.05, 0) is 37.1 Å². The number of pyridine rings is 1. The number of aromatic nitrogens is 1.